The molecule has 4 nitrogen and oxygen atoms in total. The highest BCUT2D eigenvalue weighted by Gasteiger charge is 2.10. The molecule has 0 aliphatic rings. The predicted octanol–water partition coefficient (Wildman–Crippen LogP) is 5.43. The molecule has 0 atom stereocenters. The van der Waals surface area contributed by atoms with Gasteiger partial charge in [-0.25, -0.2) is 9.97 Å². The molecule has 0 aliphatic heterocycles. The highest BCUT2D eigenvalue weighted by Crippen LogP contribution is 2.29. The number of fused-ring (bicyclic) bond motifs is 8. The molecule has 0 saturated carbocycles. The highest BCUT2D eigenvalue weighted by molar-refractivity contribution is 6.03. The first-order valence-corrected chi connectivity index (χ1v) is 7.76. The molecule has 3 aromatic carbocycles. The van der Waals surface area contributed by atoms with E-state index in [9.17, 15) is 0 Å². The van der Waals surface area contributed by atoms with E-state index in [1.807, 2.05) is 48.5 Å². The second-order valence-corrected chi connectivity index (χ2v) is 5.95. The minimum Gasteiger partial charge on any atom is -0.436 e. The van der Waals surface area contributed by atoms with E-state index in [4.69, 9.17) is 8.83 Å². The molecule has 0 N–H and O–H groups in total. The number of hydrogen-bond donors (Lipinski definition) is 0. The van der Waals surface area contributed by atoms with Crippen molar-refractivity contribution in [1.82, 2.24) is 9.97 Å². The minimum atomic E-state index is 0.581. The molecular formula is C20H10N2O2. The van der Waals surface area contributed by atoms with Crippen molar-refractivity contribution in [2.45, 2.75) is 0 Å². The Kier molecular flexibility index (Phi) is 2.07. The molecule has 0 radical (unpaired) electrons. The predicted molar refractivity (Wildman–Crippen MR) is 94.1 cm³/mol. The van der Waals surface area contributed by atoms with E-state index in [-0.39, 0.29) is 0 Å². The number of nitrogens with zero attached hydrogens (tertiary/aromatic N) is 2. The molecular weight excluding hydrogens is 300 g/mol. The van der Waals surface area contributed by atoms with E-state index < -0.39 is 0 Å². The summed E-state index contributed by atoms with van der Waals surface area (Å²) in [6.45, 7) is 0. The van der Waals surface area contributed by atoms with Gasteiger partial charge in [-0.05, 0) is 47.2 Å². The lowest BCUT2D eigenvalue weighted by Crippen LogP contribution is -1.74. The molecule has 3 heterocycles. The third-order valence-corrected chi connectivity index (χ3v) is 4.50. The van der Waals surface area contributed by atoms with Crippen molar-refractivity contribution >= 4 is 55.2 Å². The zero-order valence-electron chi connectivity index (χ0n) is 12.5. The van der Waals surface area contributed by atoms with Crippen molar-refractivity contribution in [2.24, 2.45) is 0 Å². The van der Waals surface area contributed by atoms with Gasteiger partial charge in [-0.3, -0.25) is 0 Å². The number of rotatable bonds is 0. The summed E-state index contributed by atoms with van der Waals surface area (Å²) in [4.78, 5) is 9.28. The monoisotopic (exact) mass is 310 g/mol. The first-order valence-electron chi connectivity index (χ1n) is 7.76. The van der Waals surface area contributed by atoms with Crippen LogP contribution in [0.15, 0.2) is 69.5 Å². The maximum absolute atomic E-state index is 6.03. The average molecular weight is 310 g/mol. The van der Waals surface area contributed by atoms with E-state index in [2.05, 4.69) is 22.1 Å². The summed E-state index contributed by atoms with van der Waals surface area (Å²) in [5.41, 5.74) is 4.41. The summed E-state index contributed by atoms with van der Waals surface area (Å²) in [5.74, 6) is 0. The number of hydrogen-bond acceptors (Lipinski definition) is 4. The van der Waals surface area contributed by atoms with Crippen molar-refractivity contribution in [3.8, 4) is 0 Å². The molecule has 112 valence electrons. The SMILES string of the molecule is c1ccc2c3nc4ccc(cc4o3)c3ccc4nc(oc4c3)c2c1. The third-order valence-electron chi connectivity index (χ3n) is 4.50. The normalized spacial score (nSPS) is 12.2. The molecule has 0 unspecified atom stereocenters. The van der Waals surface area contributed by atoms with Gasteiger partial charge < -0.3 is 8.83 Å². The largest absolute Gasteiger partial charge is 0.436 e. The van der Waals surface area contributed by atoms with Gasteiger partial charge in [0.2, 0.25) is 11.4 Å². The molecule has 6 bridgehead atoms. The second kappa shape index (κ2) is 4.11. The Morgan fingerprint density at radius 2 is 1.08 bits per heavy atom. The first-order chi connectivity index (χ1) is 11.8. The Balaban J connectivity index is 2.04. The van der Waals surface area contributed by atoms with Gasteiger partial charge in [0.25, 0.3) is 0 Å². The van der Waals surface area contributed by atoms with Crippen LogP contribution in [0.1, 0.15) is 0 Å². The molecule has 6 rings (SSSR count). The van der Waals surface area contributed by atoms with Gasteiger partial charge >= 0.3 is 0 Å². The van der Waals surface area contributed by atoms with Crippen LogP contribution < -0.4 is 0 Å². The number of oxazole rings is 2. The Morgan fingerprint density at radius 1 is 0.583 bits per heavy atom. The topological polar surface area (TPSA) is 52.1 Å². The van der Waals surface area contributed by atoms with Crippen molar-refractivity contribution in [3.63, 3.8) is 0 Å². The summed E-state index contributed by atoms with van der Waals surface area (Å²) < 4.78 is 12.1. The van der Waals surface area contributed by atoms with Gasteiger partial charge in [-0.1, -0.05) is 24.3 Å². The summed E-state index contributed by atoms with van der Waals surface area (Å²) in [5, 5.41) is 3.89. The van der Waals surface area contributed by atoms with E-state index in [0.29, 0.717) is 11.4 Å². The van der Waals surface area contributed by atoms with Crippen LogP contribution in [0.25, 0.3) is 55.2 Å². The summed E-state index contributed by atoms with van der Waals surface area (Å²) >= 11 is 0. The smallest absolute Gasteiger partial charge is 0.228 e. The molecule has 4 heteroatoms. The number of benzene rings is 3. The van der Waals surface area contributed by atoms with Crippen LogP contribution in [-0.4, -0.2) is 9.97 Å². The van der Waals surface area contributed by atoms with E-state index >= 15 is 0 Å². The highest BCUT2D eigenvalue weighted by atomic mass is 16.3. The molecule has 0 amide bonds. The van der Waals surface area contributed by atoms with E-state index in [1.165, 1.54) is 0 Å². The van der Waals surface area contributed by atoms with Gasteiger partial charge in [0.15, 0.2) is 11.2 Å². The van der Waals surface area contributed by atoms with E-state index in [0.717, 1.165) is 43.7 Å². The molecule has 0 spiro atoms. The van der Waals surface area contributed by atoms with Gasteiger partial charge in [-0.15, -0.1) is 0 Å². The van der Waals surface area contributed by atoms with Crippen LogP contribution in [0.3, 0.4) is 0 Å². The lowest BCUT2D eigenvalue weighted by molar-refractivity contribution is 0.660. The van der Waals surface area contributed by atoms with Crippen LogP contribution in [0.5, 0.6) is 0 Å². The minimum absolute atomic E-state index is 0.581. The van der Waals surface area contributed by atoms with Crippen molar-refractivity contribution in [1.29, 1.82) is 0 Å². The van der Waals surface area contributed by atoms with Crippen LogP contribution in [0.2, 0.25) is 0 Å². The molecule has 0 fully saturated rings. The van der Waals surface area contributed by atoms with Gasteiger partial charge in [0.05, 0.1) is 0 Å². The first kappa shape index (κ1) is 12.1. The Hall–Kier alpha value is -3.40. The Labute approximate surface area is 135 Å². The van der Waals surface area contributed by atoms with Gasteiger partial charge in [0.1, 0.15) is 11.0 Å². The molecule has 24 heavy (non-hydrogen) atoms. The van der Waals surface area contributed by atoms with E-state index in [1.54, 1.807) is 0 Å². The standard InChI is InChI=1S/C20H10N2O2/c1-2-4-14-13(3-1)19-21-15-7-5-11(9-17(15)23-19)12-6-8-16-18(10-12)24-20(14)22-16/h1-10H. The summed E-state index contributed by atoms with van der Waals surface area (Å²) in [6, 6.07) is 20.0. The van der Waals surface area contributed by atoms with Gasteiger partial charge in [-0.2, -0.15) is 0 Å². The van der Waals surface area contributed by atoms with Crippen molar-refractivity contribution in [3.05, 3.63) is 60.7 Å². The van der Waals surface area contributed by atoms with Crippen LogP contribution in [0, 0.1) is 0 Å². The molecule has 3 aromatic heterocycles. The van der Waals surface area contributed by atoms with Crippen molar-refractivity contribution in [2.75, 3.05) is 0 Å². The molecule has 0 aliphatic carbocycles. The third kappa shape index (κ3) is 1.52. The summed E-state index contributed by atoms with van der Waals surface area (Å²) in [6.07, 6.45) is 0. The lowest BCUT2D eigenvalue weighted by atomic mass is 10.1. The number of aromatic nitrogens is 2. The zero-order chi connectivity index (χ0) is 15.7. The fourth-order valence-corrected chi connectivity index (χ4v) is 3.29. The van der Waals surface area contributed by atoms with Gasteiger partial charge in [0, 0.05) is 10.8 Å². The lowest BCUT2D eigenvalue weighted by Gasteiger charge is -1.94. The maximum Gasteiger partial charge on any atom is 0.228 e. The summed E-state index contributed by atoms with van der Waals surface area (Å²) in [7, 11) is 0. The fraction of sp³-hybridized carbons (Fsp3) is 0. The van der Waals surface area contributed by atoms with Crippen LogP contribution in [-0.2, 0) is 0 Å². The fourth-order valence-electron chi connectivity index (χ4n) is 3.29. The molecule has 0 saturated heterocycles. The average Bonchev–Trinajstić information content (AvgIpc) is 3.23. The Bertz CT molecular complexity index is 1300. The molecule has 6 aromatic rings. The Morgan fingerprint density at radius 3 is 1.58 bits per heavy atom. The van der Waals surface area contributed by atoms with Crippen LogP contribution >= 0.6 is 0 Å². The maximum atomic E-state index is 6.03. The quantitative estimate of drug-likeness (QED) is 0.375. The van der Waals surface area contributed by atoms with Crippen molar-refractivity contribution < 1.29 is 8.83 Å². The second-order valence-electron chi connectivity index (χ2n) is 5.95. The van der Waals surface area contributed by atoms with Crippen LogP contribution in [0.4, 0.5) is 0 Å². The zero-order valence-corrected chi connectivity index (χ0v) is 12.5.